The third-order valence-electron chi connectivity index (χ3n) is 6.24. The Hall–Kier alpha value is -4.23. The molecule has 3 N–H and O–H groups in total. The topological polar surface area (TPSA) is 155 Å². The highest BCUT2D eigenvalue weighted by Crippen LogP contribution is 2.41. The smallest absolute Gasteiger partial charge is 0.330 e. The van der Waals surface area contributed by atoms with Crippen molar-refractivity contribution >= 4 is 52.5 Å². The first-order chi connectivity index (χ1) is 21.7. The number of ether oxygens (including phenoxy) is 3. The maximum Gasteiger partial charge on any atom is 0.330 e. The average molecular weight is 646 g/mol. The van der Waals surface area contributed by atoms with Crippen molar-refractivity contribution in [2.45, 2.75) is 19.8 Å². The number of fused-ring (bicyclic) bond motifs is 2. The Kier molecular flexibility index (Phi) is 17.0. The summed E-state index contributed by atoms with van der Waals surface area (Å²) in [6.45, 7) is 6.09. The molecular weight excluding hydrogens is 606 g/mol. The number of esters is 1. The van der Waals surface area contributed by atoms with Crippen molar-refractivity contribution in [3.8, 4) is 0 Å². The number of hydrogen-bond donors (Lipinski definition) is 3. The van der Waals surface area contributed by atoms with Crippen LogP contribution in [0.3, 0.4) is 0 Å². The van der Waals surface area contributed by atoms with E-state index >= 15 is 0 Å². The van der Waals surface area contributed by atoms with Gasteiger partial charge in [-0.25, -0.2) is 14.4 Å². The van der Waals surface area contributed by atoms with Gasteiger partial charge in [-0.1, -0.05) is 29.8 Å². The lowest BCUT2D eigenvalue weighted by atomic mass is 10.1. The van der Waals surface area contributed by atoms with Crippen molar-refractivity contribution in [2.75, 3.05) is 69.5 Å². The highest BCUT2D eigenvalue weighted by Gasteiger charge is 2.30. The van der Waals surface area contributed by atoms with Gasteiger partial charge < -0.3 is 39.5 Å². The fraction of sp³-hybridized carbons (Fsp3) is 0.375. The molecule has 0 fully saturated rings. The normalized spacial score (nSPS) is 12.4. The zero-order valence-electron chi connectivity index (χ0n) is 25.4. The Balaban J connectivity index is 0.000000777. The SMILES string of the molecule is CCOC(=O)/C=C/CNCCCCN1c2cc(Cl)ccc2C(=O)N(CCOCCOC)c2ccccc21.O=C(O)/C=C\C(=O)O. The van der Waals surface area contributed by atoms with Gasteiger partial charge >= 0.3 is 17.9 Å². The number of amides is 1. The van der Waals surface area contributed by atoms with Crippen LogP contribution in [0.1, 0.15) is 30.1 Å². The van der Waals surface area contributed by atoms with Gasteiger partial charge in [-0.15, -0.1) is 0 Å². The second kappa shape index (κ2) is 20.7. The molecule has 1 aliphatic heterocycles. The number of aliphatic carboxylic acids is 2. The van der Waals surface area contributed by atoms with Gasteiger partial charge in [0.25, 0.3) is 5.91 Å². The van der Waals surface area contributed by atoms with Crippen molar-refractivity contribution in [1.29, 1.82) is 0 Å². The predicted molar refractivity (Wildman–Crippen MR) is 172 cm³/mol. The Morgan fingerprint density at radius 1 is 0.889 bits per heavy atom. The zero-order valence-corrected chi connectivity index (χ0v) is 26.2. The van der Waals surface area contributed by atoms with E-state index in [1.54, 1.807) is 37.1 Å². The predicted octanol–water partition coefficient (Wildman–Crippen LogP) is 4.30. The largest absolute Gasteiger partial charge is 0.478 e. The highest BCUT2D eigenvalue weighted by molar-refractivity contribution is 6.31. The molecule has 2 aromatic carbocycles. The van der Waals surface area contributed by atoms with E-state index in [0.29, 0.717) is 62.3 Å². The van der Waals surface area contributed by atoms with Crippen molar-refractivity contribution in [3.63, 3.8) is 0 Å². The average Bonchev–Trinajstić information content (AvgIpc) is 3.10. The summed E-state index contributed by atoms with van der Waals surface area (Å²) in [6.07, 6.45) is 6.14. The summed E-state index contributed by atoms with van der Waals surface area (Å²) < 4.78 is 15.6. The minimum atomic E-state index is -1.26. The molecule has 0 unspecified atom stereocenters. The van der Waals surface area contributed by atoms with Crippen molar-refractivity contribution in [1.82, 2.24) is 5.32 Å². The Morgan fingerprint density at radius 2 is 1.58 bits per heavy atom. The number of carboxylic acid groups (broad SMARTS) is 2. The van der Waals surface area contributed by atoms with Crippen LogP contribution in [0.2, 0.25) is 5.02 Å². The number of rotatable bonds is 17. The molecule has 1 heterocycles. The number of unbranched alkanes of at least 4 members (excludes halogenated alkanes) is 1. The van der Waals surface area contributed by atoms with E-state index in [0.717, 1.165) is 43.0 Å². The van der Waals surface area contributed by atoms with Gasteiger partial charge in [0.15, 0.2) is 0 Å². The summed E-state index contributed by atoms with van der Waals surface area (Å²) in [6, 6.07) is 13.4. The van der Waals surface area contributed by atoms with E-state index in [4.69, 9.17) is 36.0 Å². The highest BCUT2D eigenvalue weighted by atomic mass is 35.5. The standard InChI is InChI=1S/C28H36ClN3O5.C4H4O4/c1-3-37-27(33)11-8-15-30-14-6-7-16-31-24-9-4-5-10-25(24)32(17-18-36-20-19-35-2)28(34)23-13-12-22(29)21-26(23)31;5-3(6)1-2-4(7)8/h4-5,8-13,21,30H,3,6-7,14-20H2,1-2H3;1-2H,(H,5,6)(H,7,8)/b11-8+;2-1-. The van der Waals surface area contributed by atoms with Gasteiger partial charge in [0.2, 0.25) is 0 Å². The van der Waals surface area contributed by atoms with E-state index in [-0.39, 0.29) is 11.9 Å². The Bertz CT molecular complexity index is 1320. The third-order valence-corrected chi connectivity index (χ3v) is 6.47. The van der Waals surface area contributed by atoms with Crippen LogP contribution in [0.4, 0.5) is 17.1 Å². The van der Waals surface area contributed by atoms with Crippen LogP contribution in [0.15, 0.2) is 66.8 Å². The molecule has 0 radical (unpaired) electrons. The molecule has 12 nitrogen and oxygen atoms in total. The van der Waals surface area contributed by atoms with E-state index in [2.05, 4.69) is 10.2 Å². The number of carbonyl (C=O) groups excluding carboxylic acids is 2. The first-order valence-electron chi connectivity index (χ1n) is 14.4. The molecule has 0 bridgehead atoms. The maximum absolute atomic E-state index is 13.7. The summed E-state index contributed by atoms with van der Waals surface area (Å²) in [5.74, 6) is -2.92. The van der Waals surface area contributed by atoms with Crippen molar-refractivity contribution in [2.24, 2.45) is 0 Å². The first-order valence-corrected chi connectivity index (χ1v) is 14.8. The van der Waals surface area contributed by atoms with Crippen LogP contribution in [0, 0.1) is 0 Å². The van der Waals surface area contributed by atoms with Crippen LogP contribution in [0.5, 0.6) is 0 Å². The van der Waals surface area contributed by atoms with E-state index < -0.39 is 11.9 Å². The van der Waals surface area contributed by atoms with Crippen LogP contribution in [0.25, 0.3) is 0 Å². The lowest BCUT2D eigenvalue weighted by Crippen LogP contribution is -2.33. The summed E-state index contributed by atoms with van der Waals surface area (Å²) in [5.41, 5.74) is 3.22. The van der Waals surface area contributed by atoms with Crippen molar-refractivity contribution in [3.05, 3.63) is 77.4 Å². The number of para-hydroxylation sites is 2. The van der Waals surface area contributed by atoms with Gasteiger partial charge in [-0.2, -0.15) is 0 Å². The number of carboxylic acids is 2. The number of nitrogens with zero attached hydrogens (tertiary/aromatic N) is 2. The second-order valence-electron chi connectivity index (χ2n) is 9.44. The van der Waals surface area contributed by atoms with Crippen LogP contribution in [-0.4, -0.2) is 93.7 Å². The minimum absolute atomic E-state index is 0.0768. The molecule has 244 valence electrons. The second-order valence-corrected chi connectivity index (χ2v) is 9.88. The molecule has 0 aromatic heterocycles. The molecule has 1 aliphatic rings. The van der Waals surface area contributed by atoms with Gasteiger partial charge in [-0.05, 0) is 56.6 Å². The summed E-state index contributed by atoms with van der Waals surface area (Å²) in [5, 5.41) is 19.5. The number of halogens is 1. The number of nitrogens with one attached hydrogen (secondary N) is 1. The van der Waals surface area contributed by atoms with Gasteiger partial charge in [0.1, 0.15) is 0 Å². The quantitative estimate of drug-likeness (QED) is 0.128. The van der Waals surface area contributed by atoms with Crippen molar-refractivity contribution < 1.29 is 43.6 Å². The van der Waals surface area contributed by atoms with E-state index in [1.165, 1.54) is 6.08 Å². The number of benzene rings is 2. The molecule has 0 aliphatic carbocycles. The van der Waals surface area contributed by atoms with Gasteiger partial charge in [0.05, 0.1) is 49.1 Å². The fourth-order valence-electron chi connectivity index (χ4n) is 4.27. The van der Waals surface area contributed by atoms with Crippen LogP contribution < -0.4 is 15.1 Å². The molecule has 0 saturated heterocycles. The van der Waals surface area contributed by atoms with E-state index in [1.807, 2.05) is 30.3 Å². The van der Waals surface area contributed by atoms with Crippen LogP contribution >= 0.6 is 11.6 Å². The lowest BCUT2D eigenvalue weighted by molar-refractivity contribution is -0.137. The number of hydrogen-bond acceptors (Lipinski definition) is 9. The van der Waals surface area contributed by atoms with E-state index in [9.17, 15) is 19.2 Å². The van der Waals surface area contributed by atoms with Gasteiger partial charge in [0, 0.05) is 50.0 Å². The summed E-state index contributed by atoms with van der Waals surface area (Å²) in [4.78, 5) is 48.1. The molecule has 2 aromatic rings. The molecule has 0 atom stereocenters. The van der Waals surface area contributed by atoms with Gasteiger partial charge in [-0.3, -0.25) is 4.79 Å². The first kappa shape index (κ1) is 37.0. The molecule has 45 heavy (non-hydrogen) atoms. The number of methoxy groups -OCH3 is 1. The number of carbonyl (C=O) groups is 4. The zero-order chi connectivity index (χ0) is 33.0. The Labute approximate surface area is 267 Å². The molecule has 1 amide bonds. The Morgan fingerprint density at radius 3 is 2.22 bits per heavy atom. The molecule has 0 spiro atoms. The maximum atomic E-state index is 13.7. The lowest BCUT2D eigenvalue weighted by Gasteiger charge is -2.27. The number of anilines is 3. The molecule has 3 rings (SSSR count). The molecule has 0 saturated carbocycles. The summed E-state index contributed by atoms with van der Waals surface area (Å²) >= 11 is 6.38. The third kappa shape index (κ3) is 13.1. The minimum Gasteiger partial charge on any atom is -0.478 e. The molecular formula is C32H40ClN3O9. The molecule has 13 heteroatoms. The summed E-state index contributed by atoms with van der Waals surface area (Å²) in [7, 11) is 1.63. The fourth-order valence-corrected chi connectivity index (χ4v) is 4.44. The monoisotopic (exact) mass is 645 g/mol. The van der Waals surface area contributed by atoms with Crippen LogP contribution in [-0.2, 0) is 28.6 Å².